The zero-order valence-corrected chi connectivity index (χ0v) is 8.96. The number of ether oxygens (including phenoxy) is 1. The van der Waals surface area contributed by atoms with Gasteiger partial charge >= 0.3 is 0 Å². The van der Waals surface area contributed by atoms with Crippen molar-refractivity contribution < 1.29 is 4.74 Å². The maximum atomic E-state index is 5.32. The summed E-state index contributed by atoms with van der Waals surface area (Å²) in [6, 6.07) is 2.45. The summed E-state index contributed by atoms with van der Waals surface area (Å²) in [4.78, 5) is 9.52. The van der Waals surface area contributed by atoms with Crippen molar-refractivity contribution in [3.05, 3.63) is 17.8 Å². The van der Waals surface area contributed by atoms with E-state index in [0.717, 1.165) is 35.7 Å². The second kappa shape index (κ2) is 3.75. The van der Waals surface area contributed by atoms with E-state index in [2.05, 4.69) is 21.4 Å². The fourth-order valence-corrected chi connectivity index (χ4v) is 2.48. The van der Waals surface area contributed by atoms with E-state index in [0.29, 0.717) is 6.04 Å². The Bertz CT molecular complexity index is 464. The van der Waals surface area contributed by atoms with Crippen LogP contribution in [0.4, 0.5) is 5.82 Å². The number of rotatable bonds is 2. The number of anilines is 1. The summed E-state index contributed by atoms with van der Waals surface area (Å²) in [5, 5.41) is 6.54. The highest BCUT2D eigenvalue weighted by Gasteiger charge is 2.16. The number of nitrogens with one attached hydrogen (secondary N) is 1. The number of thiophene rings is 1. The van der Waals surface area contributed by atoms with Gasteiger partial charge in [-0.25, -0.2) is 9.97 Å². The average molecular weight is 221 g/mol. The molecule has 78 valence electrons. The van der Waals surface area contributed by atoms with Crippen LogP contribution in [0.1, 0.15) is 6.42 Å². The highest BCUT2D eigenvalue weighted by atomic mass is 32.1. The van der Waals surface area contributed by atoms with Gasteiger partial charge in [0.05, 0.1) is 18.0 Å². The fourth-order valence-electron chi connectivity index (χ4n) is 1.75. The SMILES string of the molecule is c1nc(NC2CCOC2)c2ccsc2n1. The Morgan fingerprint density at radius 2 is 2.47 bits per heavy atom. The van der Waals surface area contributed by atoms with Gasteiger partial charge in [0, 0.05) is 6.61 Å². The summed E-state index contributed by atoms with van der Waals surface area (Å²) in [6.07, 6.45) is 2.66. The van der Waals surface area contributed by atoms with Crippen molar-refractivity contribution in [2.24, 2.45) is 0 Å². The van der Waals surface area contributed by atoms with Crippen molar-refractivity contribution in [1.82, 2.24) is 9.97 Å². The first-order valence-electron chi connectivity index (χ1n) is 4.96. The molecule has 0 spiro atoms. The second-order valence-corrected chi connectivity index (χ2v) is 4.46. The monoisotopic (exact) mass is 221 g/mol. The van der Waals surface area contributed by atoms with Crippen molar-refractivity contribution in [3.8, 4) is 0 Å². The van der Waals surface area contributed by atoms with Crippen LogP contribution in [0.15, 0.2) is 17.8 Å². The second-order valence-electron chi connectivity index (χ2n) is 3.57. The van der Waals surface area contributed by atoms with Gasteiger partial charge < -0.3 is 10.1 Å². The van der Waals surface area contributed by atoms with E-state index in [1.165, 1.54) is 0 Å². The number of nitrogens with zero attached hydrogens (tertiary/aromatic N) is 2. The van der Waals surface area contributed by atoms with Crippen LogP contribution in [0.5, 0.6) is 0 Å². The lowest BCUT2D eigenvalue weighted by Gasteiger charge is -2.11. The van der Waals surface area contributed by atoms with Crippen LogP contribution in [-0.2, 0) is 4.74 Å². The van der Waals surface area contributed by atoms with Gasteiger partial charge in [-0.15, -0.1) is 11.3 Å². The van der Waals surface area contributed by atoms with Crippen molar-refractivity contribution in [2.75, 3.05) is 18.5 Å². The topological polar surface area (TPSA) is 47.0 Å². The van der Waals surface area contributed by atoms with E-state index < -0.39 is 0 Å². The zero-order chi connectivity index (χ0) is 10.1. The number of hydrogen-bond acceptors (Lipinski definition) is 5. The van der Waals surface area contributed by atoms with E-state index in [9.17, 15) is 0 Å². The van der Waals surface area contributed by atoms with E-state index in [4.69, 9.17) is 4.74 Å². The fraction of sp³-hybridized carbons (Fsp3) is 0.400. The minimum absolute atomic E-state index is 0.392. The molecule has 0 radical (unpaired) electrons. The molecule has 0 aromatic carbocycles. The molecule has 0 bridgehead atoms. The summed E-state index contributed by atoms with van der Waals surface area (Å²) >= 11 is 1.64. The molecule has 1 N–H and O–H groups in total. The summed E-state index contributed by atoms with van der Waals surface area (Å²) in [6.45, 7) is 1.62. The maximum Gasteiger partial charge on any atom is 0.138 e. The molecule has 2 aromatic rings. The normalized spacial score (nSPS) is 20.9. The Kier molecular flexibility index (Phi) is 2.26. The molecule has 4 nitrogen and oxygen atoms in total. The molecule has 1 aliphatic heterocycles. The van der Waals surface area contributed by atoms with E-state index in [1.807, 2.05) is 5.38 Å². The van der Waals surface area contributed by atoms with Gasteiger partial charge in [-0.3, -0.25) is 0 Å². The van der Waals surface area contributed by atoms with Crippen molar-refractivity contribution in [3.63, 3.8) is 0 Å². The summed E-state index contributed by atoms with van der Waals surface area (Å²) in [5.74, 6) is 0.928. The number of fused-ring (bicyclic) bond motifs is 1. The molecule has 3 rings (SSSR count). The number of aromatic nitrogens is 2. The molecule has 2 aromatic heterocycles. The van der Waals surface area contributed by atoms with Gasteiger partial charge in [0.2, 0.25) is 0 Å². The Hall–Kier alpha value is -1.20. The molecule has 0 aliphatic carbocycles. The molecule has 0 saturated carbocycles. The van der Waals surface area contributed by atoms with E-state index in [1.54, 1.807) is 17.7 Å². The lowest BCUT2D eigenvalue weighted by molar-refractivity contribution is 0.195. The van der Waals surface area contributed by atoms with Gasteiger partial charge in [0.15, 0.2) is 0 Å². The van der Waals surface area contributed by atoms with Crippen LogP contribution in [0.2, 0.25) is 0 Å². The van der Waals surface area contributed by atoms with Crippen LogP contribution in [0.25, 0.3) is 10.2 Å². The summed E-state index contributed by atoms with van der Waals surface area (Å²) in [5.41, 5.74) is 0. The number of hydrogen-bond donors (Lipinski definition) is 1. The highest BCUT2D eigenvalue weighted by molar-refractivity contribution is 7.16. The summed E-state index contributed by atoms with van der Waals surface area (Å²) in [7, 11) is 0. The van der Waals surface area contributed by atoms with Gasteiger partial charge in [-0.2, -0.15) is 0 Å². The molecule has 1 saturated heterocycles. The minimum atomic E-state index is 0.392. The lowest BCUT2D eigenvalue weighted by atomic mass is 10.2. The van der Waals surface area contributed by atoms with Crippen LogP contribution in [0.3, 0.4) is 0 Å². The molecule has 1 unspecified atom stereocenters. The largest absolute Gasteiger partial charge is 0.379 e. The highest BCUT2D eigenvalue weighted by Crippen LogP contribution is 2.24. The van der Waals surface area contributed by atoms with E-state index >= 15 is 0 Å². The van der Waals surface area contributed by atoms with Crippen LogP contribution >= 0.6 is 11.3 Å². The maximum absolute atomic E-state index is 5.32. The summed E-state index contributed by atoms with van der Waals surface area (Å²) < 4.78 is 5.32. The van der Waals surface area contributed by atoms with E-state index in [-0.39, 0.29) is 0 Å². The molecule has 3 heterocycles. The standard InChI is InChI=1S/C10H11N3OS/c1-3-14-5-7(1)13-9-8-2-4-15-10(8)12-6-11-9/h2,4,6-7H,1,3,5H2,(H,11,12,13). The Morgan fingerprint density at radius 3 is 3.33 bits per heavy atom. The minimum Gasteiger partial charge on any atom is -0.379 e. The molecule has 0 amide bonds. The molecule has 5 heteroatoms. The van der Waals surface area contributed by atoms with Crippen molar-refractivity contribution in [2.45, 2.75) is 12.5 Å². The Balaban J connectivity index is 1.92. The Morgan fingerprint density at radius 1 is 1.47 bits per heavy atom. The Labute approximate surface area is 91.3 Å². The average Bonchev–Trinajstić information content (AvgIpc) is 2.87. The molecular weight excluding hydrogens is 210 g/mol. The predicted octanol–water partition coefficient (Wildman–Crippen LogP) is 1.89. The van der Waals surface area contributed by atoms with Crippen molar-refractivity contribution >= 4 is 27.4 Å². The van der Waals surface area contributed by atoms with Gasteiger partial charge in [-0.05, 0) is 17.9 Å². The van der Waals surface area contributed by atoms with Gasteiger partial charge in [0.25, 0.3) is 0 Å². The molecule has 1 aliphatic rings. The molecule has 1 fully saturated rings. The van der Waals surface area contributed by atoms with Crippen molar-refractivity contribution in [1.29, 1.82) is 0 Å². The zero-order valence-electron chi connectivity index (χ0n) is 8.14. The first-order valence-corrected chi connectivity index (χ1v) is 5.84. The first kappa shape index (κ1) is 9.06. The third-order valence-electron chi connectivity index (χ3n) is 2.53. The third kappa shape index (κ3) is 1.68. The van der Waals surface area contributed by atoms with Gasteiger partial charge in [-0.1, -0.05) is 0 Å². The van der Waals surface area contributed by atoms with Crippen LogP contribution in [0, 0.1) is 0 Å². The first-order chi connectivity index (χ1) is 7.43. The third-order valence-corrected chi connectivity index (χ3v) is 3.35. The predicted molar refractivity (Wildman–Crippen MR) is 60.3 cm³/mol. The smallest absolute Gasteiger partial charge is 0.138 e. The van der Waals surface area contributed by atoms with Crippen LogP contribution in [-0.4, -0.2) is 29.2 Å². The van der Waals surface area contributed by atoms with Gasteiger partial charge in [0.1, 0.15) is 17.0 Å². The van der Waals surface area contributed by atoms with Crippen LogP contribution < -0.4 is 5.32 Å². The molecule has 15 heavy (non-hydrogen) atoms. The molecule has 1 atom stereocenters. The quantitative estimate of drug-likeness (QED) is 0.841. The lowest BCUT2D eigenvalue weighted by Crippen LogP contribution is -2.19. The molecular formula is C10H11N3OS.